The topological polar surface area (TPSA) is 82.7 Å². The zero-order chi connectivity index (χ0) is 14.4. The number of imidazole rings is 1. The van der Waals surface area contributed by atoms with Gasteiger partial charge in [0.2, 0.25) is 0 Å². The monoisotopic (exact) mass is 273 g/mol. The largest absolute Gasteiger partial charge is 0.384 e. The van der Waals surface area contributed by atoms with Crippen LogP contribution in [0.4, 0.5) is 5.69 Å². The van der Waals surface area contributed by atoms with Gasteiger partial charge in [-0.25, -0.2) is 4.98 Å². The molecule has 0 aliphatic carbocycles. The second-order valence-electron chi connectivity index (χ2n) is 4.52. The number of hydrogen-bond donors (Lipinski definition) is 3. The molecule has 106 valence electrons. The molecule has 0 aromatic carbocycles. The minimum atomic E-state index is -0.184. The highest BCUT2D eigenvalue weighted by molar-refractivity contribution is 5.99. The molecule has 0 saturated heterocycles. The molecule has 0 aliphatic rings. The van der Waals surface area contributed by atoms with Crippen molar-refractivity contribution in [3.05, 3.63) is 42.2 Å². The molecule has 1 atom stereocenters. The smallest absolute Gasteiger partial charge is 0.255 e. The van der Waals surface area contributed by atoms with E-state index in [9.17, 15) is 4.79 Å². The first-order valence-electron chi connectivity index (χ1n) is 6.70. The van der Waals surface area contributed by atoms with Crippen LogP contribution in [0, 0.1) is 0 Å². The second kappa shape index (κ2) is 6.70. The normalized spacial score (nSPS) is 11.9. The number of nitrogens with zero attached hydrogens (tertiary/aromatic N) is 2. The summed E-state index contributed by atoms with van der Waals surface area (Å²) >= 11 is 0. The van der Waals surface area contributed by atoms with E-state index in [-0.39, 0.29) is 11.9 Å². The lowest BCUT2D eigenvalue weighted by atomic mass is 10.2. The number of anilines is 1. The summed E-state index contributed by atoms with van der Waals surface area (Å²) in [4.78, 5) is 23.4. The SMILES string of the molecule is CCCNc1ccncc1C(=O)NC(C)c1ncc[nH]1. The Kier molecular flexibility index (Phi) is 4.70. The van der Waals surface area contributed by atoms with Gasteiger partial charge in [-0.05, 0) is 19.4 Å². The van der Waals surface area contributed by atoms with Gasteiger partial charge in [-0.3, -0.25) is 9.78 Å². The summed E-state index contributed by atoms with van der Waals surface area (Å²) in [6, 6.07) is 1.62. The summed E-state index contributed by atoms with van der Waals surface area (Å²) in [7, 11) is 0. The van der Waals surface area contributed by atoms with Crippen molar-refractivity contribution < 1.29 is 4.79 Å². The molecular weight excluding hydrogens is 254 g/mol. The minimum absolute atomic E-state index is 0.166. The van der Waals surface area contributed by atoms with Crippen LogP contribution < -0.4 is 10.6 Å². The Morgan fingerprint density at radius 2 is 2.30 bits per heavy atom. The fraction of sp³-hybridized carbons (Fsp3) is 0.357. The van der Waals surface area contributed by atoms with Crippen LogP contribution in [-0.2, 0) is 0 Å². The van der Waals surface area contributed by atoms with Crippen LogP contribution in [0.25, 0.3) is 0 Å². The van der Waals surface area contributed by atoms with Crippen LogP contribution in [0.15, 0.2) is 30.9 Å². The van der Waals surface area contributed by atoms with Crippen molar-refractivity contribution in [1.29, 1.82) is 0 Å². The van der Waals surface area contributed by atoms with Crippen LogP contribution in [0.1, 0.15) is 42.5 Å². The fourth-order valence-electron chi connectivity index (χ4n) is 1.85. The maximum Gasteiger partial charge on any atom is 0.255 e. The second-order valence-corrected chi connectivity index (χ2v) is 4.52. The number of nitrogens with one attached hydrogen (secondary N) is 3. The van der Waals surface area contributed by atoms with Gasteiger partial charge in [0, 0.05) is 31.3 Å². The van der Waals surface area contributed by atoms with Crippen LogP contribution in [0.3, 0.4) is 0 Å². The van der Waals surface area contributed by atoms with Gasteiger partial charge in [-0.2, -0.15) is 0 Å². The van der Waals surface area contributed by atoms with E-state index in [0.29, 0.717) is 5.56 Å². The van der Waals surface area contributed by atoms with Gasteiger partial charge in [0.1, 0.15) is 5.82 Å². The van der Waals surface area contributed by atoms with Crippen molar-refractivity contribution >= 4 is 11.6 Å². The third-order valence-corrected chi connectivity index (χ3v) is 2.91. The molecule has 6 heteroatoms. The molecule has 1 unspecified atom stereocenters. The molecule has 0 radical (unpaired) electrons. The highest BCUT2D eigenvalue weighted by atomic mass is 16.1. The molecule has 0 aliphatic heterocycles. The molecule has 0 bridgehead atoms. The number of pyridine rings is 1. The van der Waals surface area contributed by atoms with Crippen molar-refractivity contribution in [1.82, 2.24) is 20.3 Å². The van der Waals surface area contributed by atoms with Gasteiger partial charge in [-0.15, -0.1) is 0 Å². The van der Waals surface area contributed by atoms with Gasteiger partial charge in [-0.1, -0.05) is 6.92 Å². The zero-order valence-corrected chi connectivity index (χ0v) is 11.7. The summed E-state index contributed by atoms with van der Waals surface area (Å²) < 4.78 is 0. The van der Waals surface area contributed by atoms with Crippen molar-refractivity contribution in [2.75, 3.05) is 11.9 Å². The number of hydrogen-bond acceptors (Lipinski definition) is 4. The summed E-state index contributed by atoms with van der Waals surface area (Å²) in [5.41, 5.74) is 1.34. The Morgan fingerprint density at radius 1 is 1.45 bits per heavy atom. The number of carbonyl (C=O) groups is 1. The van der Waals surface area contributed by atoms with E-state index < -0.39 is 0 Å². The predicted octanol–water partition coefficient (Wildman–Crippen LogP) is 2.12. The first-order chi connectivity index (χ1) is 9.72. The molecular formula is C14H19N5O. The first-order valence-corrected chi connectivity index (χ1v) is 6.70. The van der Waals surface area contributed by atoms with Gasteiger partial charge < -0.3 is 15.6 Å². The number of amides is 1. The van der Waals surface area contributed by atoms with Crippen molar-refractivity contribution in [3.8, 4) is 0 Å². The van der Waals surface area contributed by atoms with E-state index in [2.05, 4.69) is 32.5 Å². The number of rotatable bonds is 6. The van der Waals surface area contributed by atoms with Gasteiger partial charge in [0.25, 0.3) is 5.91 Å². The molecule has 0 spiro atoms. The van der Waals surface area contributed by atoms with Crippen molar-refractivity contribution in [2.45, 2.75) is 26.3 Å². The Bertz CT molecular complexity index is 552. The molecule has 0 saturated carbocycles. The summed E-state index contributed by atoms with van der Waals surface area (Å²) in [6.07, 6.45) is 7.63. The fourth-order valence-corrected chi connectivity index (χ4v) is 1.85. The molecule has 2 heterocycles. The Hall–Kier alpha value is -2.37. The van der Waals surface area contributed by atoms with Crippen molar-refractivity contribution in [2.24, 2.45) is 0 Å². The molecule has 2 aromatic heterocycles. The Labute approximate surface area is 118 Å². The number of aromatic amines is 1. The zero-order valence-electron chi connectivity index (χ0n) is 11.7. The van der Waals surface area contributed by atoms with E-state index in [0.717, 1.165) is 24.5 Å². The van der Waals surface area contributed by atoms with Gasteiger partial charge >= 0.3 is 0 Å². The maximum atomic E-state index is 12.3. The van der Waals surface area contributed by atoms with Crippen LogP contribution in [-0.4, -0.2) is 27.4 Å². The summed E-state index contributed by atoms with van der Waals surface area (Å²) in [5.74, 6) is 0.561. The molecule has 3 N–H and O–H groups in total. The lowest BCUT2D eigenvalue weighted by Crippen LogP contribution is -2.28. The van der Waals surface area contributed by atoms with E-state index in [1.54, 1.807) is 24.8 Å². The standard InChI is InChI=1S/C14H19N5O/c1-3-5-16-12-4-6-15-9-11(12)14(20)19-10(2)13-17-7-8-18-13/h4,6-10H,3,5H2,1-2H3,(H,15,16)(H,17,18)(H,19,20). The third-order valence-electron chi connectivity index (χ3n) is 2.91. The maximum absolute atomic E-state index is 12.3. The average Bonchev–Trinajstić information content (AvgIpc) is 2.99. The first kappa shape index (κ1) is 14.0. The van der Waals surface area contributed by atoms with E-state index in [1.807, 2.05) is 13.0 Å². The predicted molar refractivity (Wildman–Crippen MR) is 77.5 cm³/mol. The molecule has 2 aromatic rings. The summed E-state index contributed by atoms with van der Waals surface area (Å²) in [5, 5.41) is 6.13. The van der Waals surface area contributed by atoms with E-state index in [4.69, 9.17) is 0 Å². The molecule has 2 rings (SSSR count). The van der Waals surface area contributed by atoms with Gasteiger partial charge in [0.05, 0.1) is 17.3 Å². The van der Waals surface area contributed by atoms with Crippen LogP contribution in [0.2, 0.25) is 0 Å². The number of H-pyrrole nitrogens is 1. The minimum Gasteiger partial charge on any atom is -0.384 e. The van der Waals surface area contributed by atoms with E-state index >= 15 is 0 Å². The summed E-state index contributed by atoms with van der Waals surface area (Å²) in [6.45, 7) is 4.77. The van der Waals surface area contributed by atoms with E-state index in [1.165, 1.54) is 0 Å². The number of carbonyl (C=O) groups excluding carboxylic acids is 1. The van der Waals surface area contributed by atoms with Crippen LogP contribution in [0.5, 0.6) is 0 Å². The van der Waals surface area contributed by atoms with Crippen molar-refractivity contribution in [3.63, 3.8) is 0 Å². The third kappa shape index (κ3) is 3.34. The molecule has 1 amide bonds. The molecule has 6 nitrogen and oxygen atoms in total. The highest BCUT2D eigenvalue weighted by Crippen LogP contribution is 2.15. The average molecular weight is 273 g/mol. The lowest BCUT2D eigenvalue weighted by molar-refractivity contribution is 0.0939. The number of aromatic nitrogens is 3. The quantitative estimate of drug-likeness (QED) is 0.753. The highest BCUT2D eigenvalue weighted by Gasteiger charge is 2.16. The molecule has 0 fully saturated rings. The van der Waals surface area contributed by atoms with Crippen LogP contribution >= 0.6 is 0 Å². The molecule has 20 heavy (non-hydrogen) atoms. The Balaban J connectivity index is 2.09. The Morgan fingerprint density at radius 3 is 3.00 bits per heavy atom. The van der Waals surface area contributed by atoms with Gasteiger partial charge in [0.15, 0.2) is 0 Å². The lowest BCUT2D eigenvalue weighted by Gasteiger charge is -2.14.